The lowest BCUT2D eigenvalue weighted by Gasteiger charge is -2.05. The van der Waals surface area contributed by atoms with Gasteiger partial charge in [0, 0.05) is 17.8 Å². The van der Waals surface area contributed by atoms with E-state index in [-0.39, 0.29) is 0 Å². The summed E-state index contributed by atoms with van der Waals surface area (Å²) in [5.74, 6) is 0.578. The fraction of sp³-hybridized carbons (Fsp3) is 0.182. The molecule has 2 N–H and O–H groups in total. The van der Waals surface area contributed by atoms with E-state index in [9.17, 15) is 0 Å². The van der Waals surface area contributed by atoms with Gasteiger partial charge in [-0.3, -0.25) is 5.10 Å². The normalized spacial score (nSPS) is 9.94. The molecule has 2 rings (SSSR count). The largest absolute Gasteiger partial charge is 0.366 e. The molecule has 0 amide bonds. The van der Waals surface area contributed by atoms with Crippen molar-refractivity contribution >= 4 is 17.4 Å². The molecule has 17 heavy (non-hydrogen) atoms. The summed E-state index contributed by atoms with van der Waals surface area (Å²) in [5, 5.41) is 19.0. The van der Waals surface area contributed by atoms with E-state index in [2.05, 4.69) is 20.5 Å². The van der Waals surface area contributed by atoms with Crippen molar-refractivity contribution < 1.29 is 0 Å². The third-order valence-electron chi connectivity index (χ3n) is 2.32. The van der Waals surface area contributed by atoms with Crippen LogP contribution in [0.1, 0.15) is 16.8 Å². The second kappa shape index (κ2) is 4.85. The van der Waals surface area contributed by atoms with Gasteiger partial charge in [-0.2, -0.15) is 10.4 Å². The van der Waals surface area contributed by atoms with Gasteiger partial charge in [0.25, 0.3) is 0 Å². The molecule has 2 heterocycles. The molecule has 0 atom stereocenters. The van der Waals surface area contributed by atoms with Crippen LogP contribution >= 0.6 is 11.6 Å². The van der Waals surface area contributed by atoms with Crippen molar-refractivity contribution in [2.45, 2.75) is 13.5 Å². The Balaban J connectivity index is 2.12. The molecule has 2 aromatic rings. The van der Waals surface area contributed by atoms with Crippen molar-refractivity contribution in [2.75, 3.05) is 5.32 Å². The van der Waals surface area contributed by atoms with Gasteiger partial charge < -0.3 is 5.32 Å². The molecule has 6 heteroatoms. The zero-order valence-electron chi connectivity index (χ0n) is 9.16. The standard InChI is InChI=1S/C11H10ClN5/c1-7-9(6-15-17-7)5-14-11-3-8(4-13)2-10(12)16-11/h2-3,6H,5H2,1H3,(H,14,16)(H,15,17). The lowest BCUT2D eigenvalue weighted by atomic mass is 10.2. The Morgan fingerprint density at radius 2 is 2.35 bits per heavy atom. The lowest BCUT2D eigenvalue weighted by molar-refractivity contribution is 1.04. The molecule has 0 aliphatic heterocycles. The van der Waals surface area contributed by atoms with Crippen LogP contribution in [-0.4, -0.2) is 15.2 Å². The summed E-state index contributed by atoms with van der Waals surface area (Å²) in [5.41, 5.74) is 2.53. The molecule has 0 bridgehead atoms. The number of H-pyrrole nitrogens is 1. The average Bonchev–Trinajstić information content (AvgIpc) is 2.71. The Bertz CT molecular complexity index is 569. The van der Waals surface area contributed by atoms with E-state index in [1.165, 1.54) is 6.07 Å². The molecule has 0 unspecified atom stereocenters. The molecule has 0 saturated heterocycles. The minimum absolute atomic E-state index is 0.301. The molecular weight excluding hydrogens is 238 g/mol. The zero-order chi connectivity index (χ0) is 12.3. The third kappa shape index (κ3) is 2.74. The number of nitrogens with zero attached hydrogens (tertiary/aromatic N) is 3. The molecule has 0 aliphatic rings. The number of pyridine rings is 1. The van der Waals surface area contributed by atoms with Gasteiger partial charge in [0.1, 0.15) is 11.0 Å². The maximum Gasteiger partial charge on any atom is 0.132 e. The molecule has 0 spiro atoms. The van der Waals surface area contributed by atoms with E-state index in [0.717, 1.165) is 11.3 Å². The van der Waals surface area contributed by atoms with Crippen LogP contribution in [-0.2, 0) is 6.54 Å². The van der Waals surface area contributed by atoms with Crippen LogP contribution in [0.5, 0.6) is 0 Å². The van der Waals surface area contributed by atoms with Gasteiger partial charge in [-0.25, -0.2) is 4.98 Å². The van der Waals surface area contributed by atoms with Crippen molar-refractivity contribution in [1.82, 2.24) is 15.2 Å². The number of aromatic amines is 1. The summed E-state index contributed by atoms with van der Waals surface area (Å²) in [7, 11) is 0. The topological polar surface area (TPSA) is 77.4 Å². The maximum absolute atomic E-state index is 8.80. The predicted octanol–water partition coefficient (Wildman–Crippen LogP) is 2.25. The van der Waals surface area contributed by atoms with E-state index in [0.29, 0.717) is 23.1 Å². The van der Waals surface area contributed by atoms with Crippen LogP contribution in [0.2, 0.25) is 5.15 Å². The highest BCUT2D eigenvalue weighted by atomic mass is 35.5. The molecule has 0 aromatic carbocycles. The molecule has 0 saturated carbocycles. The van der Waals surface area contributed by atoms with Gasteiger partial charge in [-0.1, -0.05) is 11.6 Å². The van der Waals surface area contributed by atoms with E-state index < -0.39 is 0 Å². The van der Waals surface area contributed by atoms with Crippen LogP contribution < -0.4 is 5.32 Å². The minimum Gasteiger partial charge on any atom is -0.366 e. The Labute approximate surface area is 103 Å². The molecule has 0 radical (unpaired) electrons. The number of anilines is 1. The van der Waals surface area contributed by atoms with Crippen molar-refractivity contribution in [3.63, 3.8) is 0 Å². The second-order valence-corrected chi connectivity index (χ2v) is 3.94. The number of hydrogen-bond donors (Lipinski definition) is 2. The Morgan fingerprint density at radius 3 is 3.00 bits per heavy atom. The molecule has 86 valence electrons. The number of hydrogen-bond acceptors (Lipinski definition) is 4. The van der Waals surface area contributed by atoms with Crippen molar-refractivity contribution in [2.24, 2.45) is 0 Å². The van der Waals surface area contributed by atoms with Crippen LogP contribution in [0.25, 0.3) is 0 Å². The monoisotopic (exact) mass is 247 g/mol. The quantitative estimate of drug-likeness (QED) is 0.816. The van der Waals surface area contributed by atoms with E-state index in [1.54, 1.807) is 12.3 Å². The summed E-state index contributed by atoms with van der Waals surface area (Å²) in [6.07, 6.45) is 1.75. The fourth-order valence-corrected chi connectivity index (χ4v) is 1.60. The van der Waals surface area contributed by atoms with Crippen LogP contribution in [0, 0.1) is 18.3 Å². The van der Waals surface area contributed by atoms with Crippen molar-refractivity contribution in [1.29, 1.82) is 5.26 Å². The van der Waals surface area contributed by atoms with Crippen molar-refractivity contribution in [3.05, 3.63) is 40.3 Å². The zero-order valence-corrected chi connectivity index (χ0v) is 9.91. The summed E-state index contributed by atoms with van der Waals surface area (Å²) >= 11 is 5.80. The minimum atomic E-state index is 0.301. The highest BCUT2D eigenvalue weighted by Gasteiger charge is 2.03. The summed E-state index contributed by atoms with van der Waals surface area (Å²) in [6, 6.07) is 5.21. The van der Waals surface area contributed by atoms with Gasteiger partial charge in [-0.15, -0.1) is 0 Å². The van der Waals surface area contributed by atoms with Gasteiger partial charge >= 0.3 is 0 Å². The first-order valence-corrected chi connectivity index (χ1v) is 5.37. The Kier molecular flexibility index (Phi) is 3.26. The number of aryl methyl sites for hydroxylation is 1. The van der Waals surface area contributed by atoms with Crippen molar-refractivity contribution in [3.8, 4) is 6.07 Å². The summed E-state index contributed by atoms with van der Waals surface area (Å²) in [4.78, 5) is 4.08. The average molecular weight is 248 g/mol. The van der Waals surface area contributed by atoms with Crippen LogP contribution in [0.3, 0.4) is 0 Å². The first-order chi connectivity index (χ1) is 8.19. The highest BCUT2D eigenvalue weighted by molar-refractivity contribution is 6.29. The smallest absolute Gasteiger partial charge is 0.132 e. The third-order valence-corrected chi connectivity index (χ3v) is 2.51. The van der Waals surface area contributed by atoms with Crippen LogP contribution in [0.15, 0.2) is 18.3 Å². The first-order valence-electron chi connectivity index (χ1n) is 4.99. The van der Waals surface area contributed by atoms with Gasteiger partial charge in [-0.05, 0) is 19.1 Å². The summed E-state index contributed by atoms with van der Waals surface area (Å²) in [6.45, 7) is 2.52. The Hall–Kier alpha value is -2.06. The maximum atomic E-state index is 8.80. The number of nitriles is 1. The van der Waals surface area contributed by atoms with Gasteiger partial charge in [0.15, 0.2) is 0 Å². The molecule has 2 aromatic heterocycles. The number of rotatable bonds is 3. The van der Waals surface area contributed by atoms with E-state index >= 15 is 0 Å². The SMILES string of the molecule is Cc1[nH]ncc1CNc1cc(C#N)cc(Cl)n1. The molecule has 5 nitrogen and oxygen atoms in total. The Morgan fingerprint density at radius 1 is 1.53 bits per heavy atom. The number of halogens is 1. The lowest BCUT2D eigenvalue weighted by Crippen LogP contribution is -2.02. The number of nitrogens with one attached hydrogen (secondary N) is 2. The van der Waals surface area contributed by atoms with Gasteiger partial charge in [0.05, 0.1) is 17.8 Å². The van der Waals surface area contributed by atoms with E-state index in [1.807, 2.05) is 13.0 Å². The second-order valence-electron chi connectivity index (χ2n) is 3.55. The number of aromatic nitrogens is 3. The van der Waals surface area contributed by atoms with E-state index in [4.69, 9.17) is 16.9 Å². The van der Waals surface area contributed by atoms with Crippen LogP contribution in [0.4, 0.5) is 5.82 Å². The fourth-order valence-electron chi connectivity index (χ4n) is 1.39. The highest BCUT2D eigenvalue weighted by Crippen LogP contribution is 2.15. The van der Waals surface area contributed by atoms with Gasteiger partial charge in [0.2, 0.25) is 0 Å². The molecule has 0 aliphatic carbocycles. The molecule has 0 fully saturated rings. The first kappa shape index (κ1) is 11.4. The summed E-state index contributed by atoms with van der Waals surface area (Å²) < 4.78 is 0. The molecular formula is C11H10ClN5. The predicted molar refractivity (Wildman–Crippen MR) is 64.6 cm³/mol.